The molecule has 0 radical (unpaired) electrons. The lowest BCUT2D eigenvalue weighted by Crippen LogP contribution is -2.28. The minimum Gasteiger partial charge on any atom is -0.329 e. The topological polar surface area (TPSA) is 86.8 Å². The molecule has 24 heavy (non-hydrogen) atoms. The number of rotatable bonds is 8. The van der Waals surface area contributed by atoms with Gasteiger partial charge in [-0.05, 0) is 28.8 Å². The molecule has 0 atom stereocenters. The summed E-state index contributed by atoms with van der Waals surface area (Å²) in [6.45, 7) is 2.52. The largest absolute Gasteiger partial charge is 0.329 e. The van der Waals surface area contributed by atoms with E-state index < -0.39 is 7.60 Å². The zero-order chi connectivity index (χ0) is 17.6. The van der Waals surface area contributed by atoms with Crippen molar-refractivity contribution in [1.82, 2.24) is 4.90 Å². The Morgan fingerprint density at radius 1 is 0.917 bits per heavy atom. The van der Waals surface area contributed by atoms with E-state index in [1.807, 2.05) is 12.1 Å². The summed E-state index contributed by atoms with van der Waals surface area (Å²) in [6, 6.07) is 13.6. The van der Waals surface area contributed by atoms with E-state index >= 15 is 0 Å². The number of halogens is 1. The van der Waals surface area contributed by atoms with Crippen LogP contribution in [0, 0.1) is 5.82 Å². The number of benzene rings is 2. The molecule has 130 valence electrons. The second-order valence-electron chi connectivity index (χ2n) is 5.77. The molecule has 4 N–H and O–H groups in total. The van der Waals surface area contributed by atoms with Crippen LogP contribution in [0.2, 0.25) is 0 Å². The van der Waals surface area contributed by atoms with Gasteiger partial charge < -0.3 is 15.5 Å². The van der Waals surface area contributed by atoms with Gasteiger partial charge in [-0.1, -0.05) is 36.4 Å². The van der Waals surface area contributed by atoms with Crippen LogP contribution in [0.4, 0.5) is 4.39 Å². The summed E-state index contributed by atoms with van der Waals surface area (Å²) < 4.78 is 24.0. The third-order valence-electron chi connectivity index (χ3n) is 3.58. The van der Waals surface area contributed by atoms with Crippen molar-refractivity contribution in [3.63, 3.8) is 0 Å². The Morgan fingerprint density at radius 3 is 1.83 bits per heavy atom. The van der Waals surface area contributed by atoms with Crippen molar-refractivity contribution < 1.29 is 18.7 Å². The van der Waals surface area contributed by atoms with Crippen LogP contribution in [0.1, 0.15) is 16.7 Å². The molecular weight excluding hydrogens is 330 g/mol. The highest BCUT2D eigenvalue weighted by Crippen LogP contribution is 2.38. The van der Waals surface area contributed by atoms with E-state index in [1.54, 1.807) is 24.3 Å². The first kappa shape index (κ1) is 18.8. The van der Waals surface area contributed by atoms with E-state index in [-0.39, 0.29) is 12.0 Å². The van der Waals surface area contributed by atoms with Gasteiger partial charge in [-0.25, -0.2) is 4.39 Å². The SMILES string of the molecule is NCCN(Cc1ccc(F)cc1)Cc1ccc(CP(=O)(O)O)cc1. The van der Waals surface area contributed by atoms with E-state index in [1.165, 1.54) is 12.1 Å². The zero-order valence-corrected chi connectivity index (χ0v) is 14.2. The molecule has 0 aliphatic heterocycles. The molecule has 5 nitrogen and oxygen atoms in total. The van der Waals surface area contributed by atoms with Crippen LogP contribution < -0.4 is 5.73 Å². The molecule has 0 fully saturated rings. The monoisotopic (exact) mass is 352 g/mol. The lowest BCUT2D eigenvalue weighted by molar-refractivity contribution is 0.264. The highest BCUT2D eigenvalue weighted by molar-refractivity contribution is 7.50. The van der Waals surface area contributed by atoms with Crippen molar-refractivity contribution >= 4 is 7.60 Å². The smallest absolute Gasteiger partial charge is 0.329 e. The average molecular weight is 352 g/mol. The Morgan fingerprint density at radius 2 is 1.38 bits per heavy atom. The standard InChI is InChI=1S/C17H22FN2O3P/c18-17-7-5-15(6-8-17)12-20(10-9-19)11-14-1-3-16(4-2-14)13-24(21,22)23/h1-8H,9-13,19H2,(H2,21,22,23). The van der Waals surface area contributed by atoms with Gasteiger partial charge >= 0.3 is 7.60 Å². The van der Waals surface area contributed by atoms with Crippen molar-refractivity contribution in [2.45, 2.75) is 19.3 Å². The fourth-order valence-electron chi connectivity index (χ4n) is 2.49. The quantitative estimate of drug-likeness (QED) is 0.636. The van der Waals surface area contributed by atoms with Crippen LogP contribution in [0.15, 0.2) is 48.5 Å². The molecule has 0 aliphatic carbocycles. The van der Waals surface area contributed by atoms with Crippen LogP contribution in [0.3, 0.4) is 0 Å². The second-order valence-corrected chi connectivity index (χ2v) is 7.41. The lowest BCUT2D eigenvalue weighted by atomic mass is 10.1. The summed E-state index contributed by atoms with van der Waals surface area (Å²) >= 11 is 0. The first-order valence-corrected chi connectivity index (χ1v) is 9.45. The minimum atomic E-state index is -4.05. The lowest BCUT2D eigenvalue weighted by Gasteiger charge is -2.22. The molecule has 0 unspecified atom stereocenters. The summed E-state index contributed by atoms with van der Waals surface area (Å²) in [5, 5.41) is 0. The minimum absolute atomic E-state index is 0.255. The van der Waals surface area contributed by atoms with Crippen LogP contribution in [0.25, 0.3) is 0 Å². The summed E-state index contributed by atoms with van der Waals surface area (Å²) in [7, 11) is -4.05. The van der Waals surface area contributed by atoms with Gasteiger partial charge in [-0.2, -0.15) is 0 Å². The van der Waals surface area contributed by atoms with E-state index in [2.05, 4.69) is 4.90 Å². The van der Waals surface area contributed by atoms with Gasteiger partial charge in [0.15, 0.2) is 0 Å². The molecule has 0 bridgehead atoms. The van der Waals surface area contributed by atoms with E-state index in [4.69, 9.17) is 15.5 Å². The summed E-state index contributed by atoms with van der Waals surface area (Å²) in [5.74, 6) is -0.259. The molecule has 0 amide bonds. The highest BCUT2D eigenvalue weighted by Gasteiger charge is 2.14. The van der Waals surface area contributed by atoms with Gasteiger partial charge in [0, 0.05) is 26.2 Å². The molecule has 0 aromatic heterocycles. The van der Waals surface area contributed by atoms with Crippen molar-refractivity contribution in [3.8, 4) is 0 Å². The second kappa shape index (κ2) is 8.51. The summed E-state index contributed by atoms with van der Waals surface area (Å²) in [4.78, 5) is 20.1. The van der Waals surface area contributed by atoms with Gasteiger partial charge in [0.1, 0.15) is 5.82 Å². The fraction of sp³-hybridized carbons (Fsp3) is 0.294. The van der Waals surface area contributed by atoms with Crippen molar-refractivity contribution in [3.05, 3.63) is 71.0 Å². The number of nitrogens with two attached hydrogens (primary N) is 1. The molecule has 2 rings (SSSR count). The molecule has 0 saturated heterocycles. The van der Waals surface area contributed by atoms with Crippen molar-refractivity contribution in [1.29, 1.82) is 0 Å². The van der Waals surface area contributed by atoms with Crippen molar-refractivity contribution in [2.75, 3.05) is 13.1 Å². The average Bonchev–Trinajstić information content (AvgIpc) is 2.50. The maximum absolute atomic E-state index is 13.0. The predicted molar refractivity (Wildman–Crippen MR) is 91.8 cm³/mol. The molecule has 0 aliphatic rings. The van der Waals surface area contributed by atoms with Gasteiger partial charge in [-0.3, -0.25) is 9.46 Å². The number of hydrogen-bond donors (Lipinski definition) is 3. The number of hydrogen-bond acceptors (Lipinski definition) is 3. The molecule has 0 heterocycles. The molecule has 0 spiro atoms. The summed E-state index contributed by atoms with van der Waals surface area (Å²) in [5.41, 5.74) is 8.30. The summed E-state index contributed by atoms with van der Waals surface area (Å²) in [6.07, 6.45) is -0.255. The Labute approximate surface area is 141 Å². The van der Waals surface area contributed by atoms with E-state index in [9.17, 15) is 8.96 Å². The van der Waals surface area contributed by atoms with Crippen LogP contribution in [-0.2, 0) is 23.8 Å². The van der Waals surface area contributed by atoms with Gasteiger partial charge in [0.25, 0.3) is 0 Å². The fourth-order valence-corrected chi connectivity index (χ4v) is 3.18. The number of nitrogens with zero attached hydrogens (tertiary/aromatic N) is 1. The van der Waals surface area contributed by atoms with E-state index in [0.29, 0.717) is 31.7 Å². The predicted octanol–water partition coefficient (Wildman–Crippen LogP) is 2.46. The zero-order valence-electron chi connectivity index (χ0n) is 13.3. The Balaban J connectivity index is 2.01. The van der Waals surface area contributed by atoms with Crippen LogP contribution in [0.5, 0.6) is 0 Å². The normalized spacial score (nSPS) is 11.9. The van der Waals surface area contributed by atoms with Crippen molar-refractivity contribution in [2.24, 2.45) is 5.73 Å². The van der Waals surface area contributed by atoms with Gasteiger partial charge in [0.05, 0.1) is 6.16 Å². The molecule has 7 heteroatoms. The molecule has 0 saturated carbocycles. The van der Waals surface area contributed by atoms with Gasteiger partial charge in [-0.15, -0.1) is 0 Å². The maximum atomic E-state index is 13.0. The Hall–Kier alpha value is -1.56. The van der Waals surface area contributed by atoms with E-state index in [0.717, 1.165) is 11.1 Å². The van der Waals surface area contributed by atoms with Crippen LogP contribution >= 0.6 is 7.60 Å². The molecular formula is C17H22FN2O3P. The maximum Gasteiger partial charge on any atom is 0.329 e. The molecule has 2 aromatic carbocycles. The third kappa shape index (κ3) is 6.51. The van der Waals surface area contributed by atoms with Gasteiger partial charge in [0.2, 0.25) is 0 Å². The Bertz CT molecular complexity index is 686. The highest BCUT2D eigenvalue weighted by atomic mass is 31.2. The first-order chi connectivity index (χ1) is 11.4. The van der Waals surface area contributed by atoms with Crippen LogP contribution in [-0.4, -0.2) is 27.8 Å². The molecule has 2 aromatic rings. The third-order valence-corrected chi connectivity index (χ3v) is 4.36. The first-order valence-electron chi connectivity index (χ1n) is 7.65. The Kier molecular flexibility index (Phi) is 6.66.